The molecule has 0 saturated heterocycles. The van der Waals surface area contributed by atoms with Crippen molar-refractivity contribution in [2.45, 2.75) is 45.4 Å². The highest BCUT2D eigenvalue weighted by Crippen LogP contribution is 2.73. The van der Waals surface area contributed by atoms with Crippen LogP contribution in [-0.2, 0) is 5.41 Å². The molecule has 18 heavy (non-hydrogen) atoms. The van der Waals surface area contributed by atoms with Crippen LogP contribution in [0, 0.1) is 28.1 Å². The molecule has 1 aromatic carbocycles. The summed E-state index contributed by atoms with van der Waals surface area (Å²) in [6.07, 6.45) is 3.52. The van der Waals surface area contributed by atoms with E-state index >= 15 is 0 Å². The van der Waals surface area contributed by atoms with Crippen molar-refractivity contribution in [3.63, 3.8) is 0 Å². The minimum atomic E-state index is -0.277. The second-order valence-corrected chi connectivity index (χ2v) is 6.88. The van der Waals surface area contributed by atoms with E-state index in [0.29, 0.717) is 5.92 Å². The highest BCUT2D eigenvalue weighted by Gasteiger charge is 2.69. The summed E-state index contributed by atoms with van der Waals surface area (Å²) in [7, 11) is 0. The molecule has 3 atom stereocenters. The van der Waals surface area contributed by atoms with E-state index in [0.717, 1.165) is 6.42 Å². The van der Waals surface area contributed by atoms with Gasteiger partial charge in [0, 0.05) is 0 Å². The van der Waals surface area contributed by atoms with Crippen molar-refractivity contribution in [2.24, 2.45) is 16.7 Å². The van der Waals surface area contributed by atoms with Crippen molar-refractivity contribution in [3.05, 3.63) is 35.9 Å². The van der Waals surface area contributed by atoms with Crippen molar-refractivity contribution < 1.29 is 0 Å². The summed E-state index contributed by atoms with van der Waals surface area (Å²) in [5, 5.41) is 9.94. The molecule has 0 spiro atoms. The molecular weight excluding hydrogens is 218 g/mol. The Kier molecular flexibility index (Phi) is 2.21. The average molecular weight is 239 g/mol. The fraction of sp³-hybridized carbons (Fsp3) is 0.588. The Morgan fingerprint density at radius 1 is 1.17 bits per heavy atom. The predicted molar refractivity (Wildman–Crippen MR) is 73.0 cm³/mol. The lowest BCUT2D eigenvalue weighted by Crippen LogP contribution is -2.43. The van der Waals surface area contributed by atoms with Crippen LogP contribution in [0.25, 0.3) is 0 Å². The Morgan fingerprint density at radius 2 is 1.83 bits per heavy atom. The van der Waals surface area contributed by atoms with Gasteiger partial charge in [-0.15, -0.1) is 0 Å². The van der Waals surface area contributed by atoms with Gasteiger partial charge in [-0.3, -0.25) is 0 Å². The molecule has 3 rings (SSSR count). The maximum atomic E-state index is 9.94. The fourth-order valence-electron chi connectivity index (χ4n) is 4.70. The molecule has 2 aliphatic carbocycles. The lowest BCUT2D eigenvalue weighted by Gasteiger charge is -2.44. The molecule has 0 radical (unpaired) electrons. The Balaban J connectivity index is 2.20. The molecule has 1 aromatic rings. The van der Waals surface area contributed by atoms with Gasteiger partial charge in [0.05, 0.1) is 11.5 Å². The second kappa shape index (κ2) is 3.38. The first kappa shape index (κ1) is 11.8. The summed E-state index contributed by atoms with van der Waals surface area (Å²) in [5.41, 5.74) is 1.34. The normalized spacial score (nSPS) is 40.7. The molecule has 1 heteroatoms. The zero-order valence-electron chi connectivity index (χ0n) is 11.5. The monoisotopic (exact) mass is 239 g/mol. The van der Waals surface area contributed by atoms with Crippen LogP contribution in [0.2, 0.25) is 0 Å². The number of hydrogen-bond acceptors (Lipinski definition) is 1. The average Bonchev–Trinajstić information content (AvgIpc) is 2.71. The highest BCUT2D eigenvalue weighted by atomic mass is 14.7. The molecule has 0 aliphatic heterocycles. The smallest absolute Gasteiger partial charge is 0.0883 e. The van der Waals surface area contributed by atoms with E-state index < -0.39 is 0 Å². The fourth-order valence-corrected chi connectivity index (χ4v) is 4.70. The van der Waals surface area contributed by atoms with Gasteiger partial charge in [0.25, 0.3) is 0 Å². The van der Waals surface area contributed by atoms with Crippen molar-refractivity contribution in [1.82, 2.24) is 0 Å². The Hall–Kier alpha value is -1.29. The van der Waals surface area contributed by atoms with Gasteiger partial charge in [-0.25, -0.2) is 0 Å². The Morgan fingerprint density at radius 3 is 2.28 bits per heavy atom. The SMILES string of the molecule is CC1(C)[C@@H]2CC[C@@]1(C)C(C#N)(c1ccccc1)C2. The van der Waals surface area contributed by atoms with E-state index in [1.54, 1.807) is 0 Å². The molecular formula is C17H21N. The third kappa shape index (κ3) is 1.08. The third-order valence-electron chi connectivity index (χ3n) is 6.39. The van der Waals surface area contributed by atoms with Crippen LogP contribution in [0.15, 0.2) is 30.3 Å². The number of nitrogens with zero attached hydrogens (tertiary/aromatic N) is 1. The topological polar surface area (TPSA) is 23.8 Å². The van der Waals surface area contributed by atoms with Gasteiger partial charge in [-0.2, -0.15) is 5.26 Å². The zero-order chi connectivity index (χ0) is 13.0. The van der Waals surface area contributed by atoms with Gasteiger partial charge in [0.2, 0.25) is 0 Å². The summed E-state index contributed by atoms with van der Waals surface area (Å²) in [6.45, 7) is 7.08. The Labute approximate surface area is 110 Å². The Bertz CT molecular complexity index is 510. The summed E-state index contributed by atoms with van der Waals surface area (Å²) in [5.74, 6) is 0.697. The van der Waals surface area contributed by atoms with E-state index in [1.165, 1.54) is 18.4 Å². The van der Waals surface area contributed by atoms with E-state index in [-0.39, 0.29) is 16.2 Å². The first-order valence-electron chi connectivity index (χ1n) is 6.95. The van der Waals surface area contributed by atoms with E-state index in [1.807, 2.05) is 6.07 Å². The van der Waals surface area contributed by atoms with Crippen LogP contribution in [0.4, 0.5) is 0 Å². The lowest BCUT2D eigenvalue weighted by molar-refractivity contribution is 0.105. The van der Waals surface area contributed by atoms with Gasteiger partial charge < -0.3 is 0 Å². The molecule has 94 valence electrons. The standard InChI is InChI=1S/C17H21N/c1-15(2)14-9-10-16(15,3)17(11-14,12-18)13-7-5-4-6-8-13/h4-8,14H,9-11H2,1-3H3/t14-,16-,17?/m1/s1. The number of fused-ring (bicyclic) bond motifs is 2. The molecule has 0 amide bonds. The first-order chi connectivity index (χ1) is 8.48. The first-order valence-corrected chi connectivity index (χ1v) is 6.95. The minimum absolute atomic E-state index is 0.112. The molecule has 1 unspecified atom stereocenters. The summed E-state index contributed by atoms with van der Waals surface area (Å²) >= 11 is 0. The molecule has 1 nitrogen and oxygen atoms in total. The minimum Gasteiger partial charge on any atom is -0.197 e. The van der Waals surface area contributed by atoms with Crippen LogP contribution >= 0.6 is 0 Å². The highest BCUT2D eigenvalue weighted by molar-refractivity contribution is 5.41. The van der Waals surface area contributed by atoms with Crippen LogP contribution in [0.3, 0.4) is 0 Å². The van der Waals surface area contributed by atoms with Crippen LogP contribution < -0.4 is 0 Å². The second-order valence-electron chi connectivity index (χ2n) is 6.88. The molecule has 2 saturated carbocycles. The summed E-state index contributed by atoms with van der Waals surface area (Å²) in [4.78, 5) is 0. The van der Waals surface area contributed by atoms with Gasteiger partial charge in [-0.1, -0.05) is 51.1 Å². The van der Waals surface area contributed by atoms with E-state index in [9.17, 15) is 5.26 Å². The van der Waals surface area contributed by atoms with Crippen molar-refractivity contribution >= 4 is 0 Å². The predicted octanol–water partition coefficient (Wildman–Crippen LogP) is 4.29. The van der Waals surface area contributed by atoms with Crippen LogP contribution in [0.1, 0.15) is 45.6 Å². The van der Waals surface area contributed by atoms with Gasteiger partial charge in [-0.05, 0) is 41.6 Å². The molecule has 2 bridgehead atoms. The number of nitriles is 1. The molecule has 0 aromatic heterocycles. The van der Waals surface area contributed by atoms with Gasteiger partial charge in [0.15, 0.2) is 0 Å². The zero-order valence-corrected chi connectivity index (χ0v) is 11.5. The van der Waals surface area contributed by atoms with Gasteiger partial charge >= 0.3 is 0 Å². The number of rotatable bonds is 1. The maximum Gasteiger partial charge on any atom is 0.0883 e. The van der Waals surface area contributed by atoms with Gasteiger partial charge in [0.1, 0.15) is 0 Å². The molecule has 0 heterocycles. The summed E-state index contributed by atoms with van der Waals surface area (Å²) < 4.78 is 0. The largest absolute Gasteiger partial charge is 0.197 e. The van der Waals surface area contributed by atoms with Crippen LogP contribution in [0.5, 0.6) is 0 Å². The quantitative estimate of drug-likeness (QED) is 0.717. The summed E-state index contributed by atoms with van der Waals surface area (Å²) in [6, 6.07) is 13.2. The lowest BCUT2D eigenvalue weighted by atomic mass is 9.56. The van der Waals surface area contributed by atoms with E-state index in [4.69, 9.17) is 0 Å². The van der Waals surface area contributed by atoms with Crippen molar-refractivity contribution in [2.75, 3.05) is 0 Å². The van der Waals surface area contributed by atoms with Crippen molar-refractivity contribution in [1.29, 1.82) is 5.26 Å². The molecule has 0 N–H and O–H groups in total. The van der Waals surface area contributed by atoms with Crippen LogP contribution in [-0.4, -0.2) is 0 Å². The molecule has 2 fully saturated rings. The van der Waals surface area contributed by atoms with Crippen molar-refractivity contribution in [3.8, 4) is 6.07 Å². The number of benzene rings is 1. The van der Waals surface area contributed by atoms with E-state index in [2.05, 4.69) is 51.1 Å². The molecule has 2 aliphatic rings. The maximum absolute atomic E-state index is 9.94. The number of hydrogen-bond donors (Lipinski definition) is 0. The third-order valence-corrected chi connectivity index (χ3v) is 6.39.